The number of hydrogen-bond donors (Lipinski definition) is 1. The summed E-state index contributed by atoms with van der Waals surface area (Å²) in [5.41, 5.74) is 5.72. The molecule has 0 bridgehead atoms. The number of nitrogens with zero attached hydrogens (tertiary/aromatic N) is 1. The molecule has 0 aromatic carbocycles. The lowest BCUT2D eigenvalue weighted by molar-refractivity contribution is -0.0788. The highest BCUT2D eigenvalue weighted by Crippen LogP contribution is 2.30. The average Bonchev–Trinajstić information content (AvgIpc) is 2.68. The summed E-state index contributed by atoms with van der Waals surface area (Å²) in [4.78, 5) is 10.4. The van der Waals surface area contributed by atoms with Crippen molar-refractivity contribution in [3.8, 4) is 0 Å². The van der Waals surface area contributed by atoms with E-state index < -0.39 is 0 Å². The Morgan fingerprint density at radius 3 is 1.86 bits per heavy atom. The lowest BCUT2D eigenvalue weighted by atomic mass is 9.81. The summed E-state index contributed by atoms with van der Waals surface area (Å²) in [7, 11) is 0. The Morgan fingerprint density at radius 2 is 1.43 bits per heavy atom. The molecule has 168 valence electrons. The van der Waals surface area contributed by atoms with Crippen molar-refractivity contribution in [1.82, 2.24) is 0 Å². The average molecular weight is 405 g/mol. The molecule has 2 N–H and O–H groups in total. The van der Waals surface area contributed by atoms with E-state index in [-0.39, 0.29) is 29.7 Å². The first kappa shape index (κ1) is 27.4. The van der Waals surface area contributed by atoms with E-state index in [1.54, 1.807) is 6.92 Å². The minimum absolute atomic E-state index is 0.00570. The molecule has 0 fully saturated rings. The molecular weight excluding hydrogens is 360 g/mol. The van der Waals surface area contributed by atoms with Gasteiger partial charge in [-0.3, -0.25) is 0 Å². The normalized spacial score (nSPS) is 18.2. The second kappa shape index (κ2) is 16.2. The number of rotatable bonds is 19. The highest BCUT2D eigenvalue weighted by molar-refractivity contribution is 4.78. The van der Waals surface area contributed by atoms with Gasteiger partial charge in [0, 0.05) is 11.5 Å². The fraction of sp³-hybridized carbons (Fsp3) is 1.00. The molecule has 28 heavy (non-hydrogen) atoms. The maximum Gasteiger partial charge on any atom is 0.112 e. The van der Waals surface area contributed by atoms with Crippen LogP contribution in [-0.2, 0) is 18.9 Å². The maximum atomic E-state index is 10.4. The molecule has 0 spiro atoms. The van der Waals surface area contributed by atoms with Crippen molar-refractivity contribution in [2.75, 3.05) is 39.6 Å². The Balaban J connectivity index is 4.42. The van der Waals surface area contributed by atoms with Gasteiger partial charge in [-0.1, -0.05) is 31.9 Å². The standard InChI is InChI=1S/C21H44N2O5/c1-7-9-10-21(8-2,15-25-13-19(5)27-11-17(3)22)16-26-14-20(6)28-12-18(4)23-24/h17-20H,7-16,22H2,1-6H3. The van der Waals surface area contributed by atoms with Crippen LogP contribution in [0.4, 0.5) is 0 Å². The van der Waals surface area contributed by atoms with E-state index in [0.29, 0.717) is 39.6 Å². The Morgan fingerprint density at radius 1 is 0.893 bits per heavy atom. The second-order valence-electron chi connectivity index (χ2n) is 8.21. The van der Waals surface area contributed by atoms with Gasteiger partial charge in [-0.15, -0.1) is 0 Å². The van der Waals surface area contributed by atoms with Crippen LogP contribution in [-0.4, -0.2) is 63.9 Å². The lowest BCUT2D eigenvalue weighted by Gasteiger charge is -2.33. The van der Waals surface area contributed by atoms with Crippen molar-refractivity contribution >= 4 is 0 Å². The van der Waals surface area contributed by atoms with E-state index in [4.69, 9.17) is 24.7 Å². The van der Waals surface area contributed by atoms with Crippen LogP contribution in [0.25, 0.3) is 0 Å². The van der Waals surface area contributed by atoms with Crippen molar-refractivity contribution in [3.05, 3.63) is 4.91 Å². The highest BCUT2D eigenvalue weighted by Gasteiger charge is 2.29. The molecule has 0 heterocycles. The van der Waals surface area contributed by atoms with E-state index in [2.05, 4.69) is 19.0 Å². The summed E-state index contributed by atoms with van der Waals surface area (Å²) in [5.74, 6) is 0. The SMILES string of the molecule is CCCCC(CC)(COCC(C)OCC(C)N)COCC(C)OCC(C)N=O. The summed E-state index contributed by atoms with van der Waals surface area (Å²) in [6, 6.07) is -0.300. The molecule has 5 atom stereocenters. The van der Waals surface area contributed by atoms with Crippen LogP contribution in [0.3, 0.4) is 0 Å². The first-order valence-corrected chi connectivity index (χ1v) is 10.7. The largest absolute Gasteiger partial charge is 0.378 e. The Kier molecular flexibility index (Phi) is 15.9. The zero-order valence-corrected chi connectivity index (χ0v) is 18.9. The van der Waals surface area contributed by atoms with Gasteiger partial charge in [0.15, 0.2) is 0 Å². The Hall–Kier alpha value is -0.600. The Labute approximate surface area is 172 Å². The molecule has 0 radical (unpaired) electrons. The van der Waals surface area contributed by atoms with Gasteiger partial charge in [-0.05, 0) is 40.5 Å². The van der Waals surface area contributed by atoms with Crippen LogP contribution in [0, 0.1) is 10.3 Å². The summed E-state index contributed by atoms with van der Waals surface area (Å²) in [6.45, 7) is 15.2. The first-order valence-electron chi connectivity index (χ1n) is 10.7. The lowest BCUT2D eigenvalue weighted by Crippen LogP contribution is -2.35. The van der Waals surface area contributed by atoms with Gasteiger partial charge in [-0.2, -0.15) is 4.91 Å². The minimum Gasteiger partial charge on any atom is -0.378 e. The van der Waals surface area contributed by atoms with Gasteiger partial charge in [-0.25, -0.2) is 0 Å². The third-order valence-electron chi connectivity index (χ3n) is 4.78. The van der Waals surface area contributed by atoms with E-state index in [0.717, 1.165) is 25.7 Å². The molecule has 0 amide bonds. The smallest absolute Gasteiger partial charge is 0.112 e. The molecule has 0 aromatic rings. The molecular formula is C21H44N2O5. The quantitative estimate of drug-likeness (QED) is 0.328. The topological polar surface area (TPSA) is 92.4 Å². The third kappa shape index (κ3) is 13.6. The van der Waals surface area contributed by atoms with Gasteiger partial charge in [0.25, 0.3) is 0 Å². The third-order valence-corrected chi connectivity index (χ3v) is 4.78. The zero-order chi connectivity index (χ0) is 21.4. The van der Waals surface area contributed by atoms with Crippen molar-refractivity contribution in [2.24, 2.45) is 16.3 Å². The van der Waals surface area contributed by atoms with Gasteiger partial charge >= 0.3 is 0 Å². The summed E-state index contributed by atoms with van der Waals surface area (Å²) in [5, 5.41) is 2.95. The van der Waals surface area contributed by atoms with Gasteiger partial charge in [0.2, 0.25) is 0 Å². The van der Waals surface area contributed by atoms with Crippen LogP contribution >= 0.6 is 0 Å². The number of ether oxygens (including phenoxy) is 4. The fourth-order valence-electron chi connectivity index (χ4n) is 2.75. The van der Waals surface area contributed by atoms with Crippen molar-refractivity contribution < 1.29 is 18.9 Å². The number of nitrogens with two attached hydrogens (primary N) is 1. The number of unbranched alkanes of at least 4 members (excludes halogenated alkanes) is 1. The van der Waals surface area contributed by atoms with Gasteiger partial charge in [0.1, 0.15) is 6.04 Å². The van der Waals surface area contributed by atoms with Crippen LogP contribution in [0.5, 0.6) is 0 Å². The molecule has 0 aliphatic carbocycles. The van der Waals surface area contributed by atoms with Crippen molar-refractivity contribution in [1.29, 1.82) is 0 Å². The van der Waals surface area contributed by atoms with Crippen molar-refractivity contribution in [3.63, 3.8) is 0 Å². The van der Waals surface area contributed by atoms with E-state index >= 15 is 0 Å². The van der Waals surface area contributed by atoms with Crippen LogP contribution < -0.4 is 5.73 Å². The summed E-state index contributed by atoms with van der Waals surface area (Å²) in [6.07, 6.45) is 4.30. The number of nitroso groups, excluding NO2 is 1. The molecule has 7 heteroatoms. The van der Waals surface area contributed by atoms with Gasteiger partial charge < -0.3 is 24.7 Å². The molecule has 5 unspecified atom stereocenters. The molecule has 0 saturated carbocycles. The van der Waals surface area contributed by atoms with Gasteiger partial charge in [0.05, 0.1) is 51.8 Å². The monoisotopic (exact) mass is 404 g/mol. The molecule has 0 saturated heterocycles. The molecule has 0 aliphatic heterocycles. The second-order valence-corrected chi connectivity index (χ2v) is 8.21. The highest BCUT2D eigenvalue weighted by atomic mass is 16.5. The predicted molar refractivity (Wildman–Crippen MR) is 114 cm³/mol. The summed E-state index contributed by atoms with van der Waals surface area (Å²) < 4.78 is 23.3. The van der Waals surface area contributed by atoms with E-state index in [1.807, 2.05) is 20.8 Å². The number of hydrogen-bond acceptors (Lipinski definition) is 7. The van der Waals surface area contributed by atoms with E-state index in [1.165, 1.54) is 0 Å². The van der Waals surface area contributed by atoms with Crippen LogP contribution in [0.2, 0.25) is 0 Å². The Bertz CT molecular complexity index is 384. The first-order chi connectivity index (χ1) is 13.3. The van der Waals surface area contributed by atoms with E-state index in [9.17, 15) is 4.91 Å². The molecule has 0 rings (SSSR count). The molecule has 7 nitrogen and oxygen atoms in total. The molecule has 0 aliphatic rings. The predicted octanol–water partition coefficient (Wildman–Crippen LogP) is 3.92. The fourth-order valence-corrected chi connectivity index (χ4v) is 2.75. The van der Waals surface area contributed by atoms with Crippen molar-refractivity contribution in [2.45, 2.75) is 91.5 Å². The zero-order valence-electron chi connectivity index (χ0n) is 18.9. The van der Waals surface area contributed by atoms with Crippen LogP contribution in [0.15, 0.2) is 5.18 Å². The van der Waals surface area contributed by atoms with Crippen LogP contribution in [0.1, 0.15) is 67.2 Å². The molecule has 0 aromatic heterocycles. The maximum absolute atomic E-state index is 10.4. The summed E-state index contributed by atoms with van der Waals surface area (Å²) >= 11 is 0. The minimum atomic E-state index is -0.332.